The second-order valence-electron chi connectivity index (χ2n) is 7.85. The lowest BCUT2D eigenvalue weighted by atomic mass is 9.98. The molecule has 1 atom stereocenters. The van der Waals surface area contributed by atoms with E-state index in [1.165, 1.54) is 18.2 Å². The molecule has 1 fully saturated rings. The minimum Gasteiger partial charge on any atom is -0.493 e. The number of nitrogens with zero attached hydrogens (tertiary/aromatic N) is 1. The van der Waals surface area contributed by atoms with Crippen LogP contribution in [0.1, 0.15) is 47.4 Å². The van der Waals surface area contributed by atoms with Gasteiger partial charge in [-0.25, -0.2) is 4.39 Å². The number of carbonyl (C=O) groups is 2. The van der Waals surface area contributed by atoms with Crippen molar-refractivity contribution in [2.24, 2.45) is 5.92 Å². The Bertz CT molecular complexity index is 902. The summed E-state index contributed by atoms with van der Waals surface area (Å²) in [6, 6.07) is 11.2. The summed E-state index contributed by atoms with van der Waals surface area (Å²) in [5, 5.41) is 2.80. The van der Waals surface area contributed by atoms with Crippen molar-refractivity contribution in [2.45, 2.75) is 32.7 Å². The maximum absolute atomic E-state index is 13.4. The number of piperidine rings is 1. The highest BCUT2D eigenvalue weighted by Gasteiger charge is 2.25. The van der Waals surface area contributed by atoms with Gasteiger partial charge in [-0.05, 0) is 69.2 Å². The Labute approximate surface area is 181 Å². The maximum atomic E-state index is 13.4. The molecule has 1 heterocycles. The molecular formula is C23H26ClFN2O3. The Morgan fingerprint density at radius 1 is 1.20 bits per heavy atom. The number of benzene rings is 2. The summed E-state index contributed by atoms with van der Waals surface area (Å²) < 4.78 is 19.2. The number of ether oxygens (including phenoxy) is 1. The van der Waals surface area contributed by atoms with E-state index in [0.717, 1.165) is 12.8 Å². The first-order valence-electron chi connectivity index (χ1n) is 10.1. The fourth-order valence-corrected chi connectivity index (χ4v) is 3.64. The number of hydrogen-bond donors (Lipinski definition) is 1. The van der Waals surface area contributed by atoms with E-state index in [4.69, 9.17) is 16.3 Å². The molecule has 0 spiro atoms. The Morgan fingerprint density at radius 3 is 2.57 bits per heavy atom. The molecule has 7 heteroatoms. The van der Waals surface area contributed by atoms with Crippen molar-refractivity contribution in [3.63, 3.8) is 0 Å². The van der Waals surface area contributed by atoms with Crippen LogP contribution in [0.5, 0.6) is 5.75 Å². The van der Waals surface area contributed by atoms with Crippen molar-refractivity contribution >= 4 is 23.4 Å². The summed E-state index contributed by atoms with van der Waals surface area (Å²) in [6.45, 7) is 5.54. The first-order valence-corrected chi connectivity index (χ1v) is 10.5. The Balaban J connectivity index is 1.54. The summed E-state index contributed by atoms with van der Waals surface area (Å²) in [6.07, 6.45) is 1.84. The fourth-order valence-electron chi connectivity index (χ4n) is 3.46. The predicted octanol–water partition coefficient (Wildman–Crippen LogP) is 4.55. The van der Waals surface area contributed by atoms with Gasteiger partial charge in [-0.1, -0.05) is 11.6 Å². The molecule has 0 aromatic heterocycles. The van der Waals surface area contributed by atoms with Crippen LogP contribution in [0.3, 0.4) is 0 Å². The van der Waals surface area contributed by atoms with Crippen LogP contribution in [0.15, 0.2) is 42.5 Å². The zero-order valence-corrected chi connectivity index (χ0v) is 17.9. The highest BCUT2D eigenvalue weighted by atomic mass is 35.5. The van der Waals surface area contributed by atoms with Gasteiger partial charge < -0.3 is 15.0 Å². The van der Waals surface area contributed by atoms with E-state index in [9.17, 15) is 14.0 Å². The molecule has 1 aliphatic rings. The minimum atomic E-state index is -0.536. The number of hydrogen-bond acceptors (Lipinski definition) is 3. The van der Waals surface area contributed by atoms with Crippen LogP contribution in [-0.2, 0) is 0 Å². The van der Waals surface area contributed by atoms with Crippen LogP contribution in [0.2, 0.25) is 5.02 Å². The second kappa shape index (κ2) is 9.94. The summed E-state index contributed by atoms with van der Waals surface area (Å²) in [5.74, 6) is 0.0826. The van der Waals surface area contributed by atoms with Gasteiger partial charge in [0, 0.05) is 36.2 Å². The molecule has 0 radical (unpaired) electrons. The number of rotatable bonds is 6. The van der Waals surface area contributed by atoms with Gasteiger partial charge in [0.05, 0.1) is 11.6 Å². The Kier molecular flexibility index (Phi) is 7.32. The molecule has 1 aliphatic heterocycles. The summed E-state index contributed by atoms with van der Waals surface area (Å²) in [4.78, 5) is 26.5. The third-order valence-electron chi connectivity index (χ3n) is 4.99. The number of amides is 2. The van der Waals surface area contributed by atoms with Gasteiger partial charge in [-0.15, -0.1) is 0 Å². The van der Waals surface area contributed by atoms with Crippen molar-refractivity contribution in [3.8, 4) is 5.75 Å². The highest BCUT2D eigenvalue weighted by Crippen LogP contribution is 2.23. The lowest BCUT2D eigenvalue weighted by Crippen LogP contribution is -2.41. The molecule has 0 bridgehead atoms. The third-order valence-corrected chi connectivity index (χ3v) is 5.28. The first kappa shape index (κ1) is 22.1. The van der Waals surface area contributed by atoms with Gasteiger partial charge in [0.25, 0.3) is 11.8 Å². The molecule has 5 nitrogen and oxygen atoms in total. The molecule has 1 saturated heterocycles. The van der Waals surface area contributed by atoms with Crippen LogP contribution in [0.25, 0.3) is 0 Å². The molecular weight excluding hydrogens is 407 g/mol. The highest BCUT2D eigenvalue weighted by molar-refractivity contribution is 6.31. The lowest BCUT2D eigenvalue weighted by Gasteiger charge is -2.32. The SMILES string of the molecule is CC(C)NC(=O)c1ccc(OC[C@@H]2CCCN(C(=O)c3ccc(F)c(Cl)c3)C2)cc1. The van der Waals surface area contributed by atoms with Crippen molar-refractivity contribution in [2.75, 3.05) is 19.7 Å². The second-order valence-corrected chi connectivity index (χ2v) is 8.26. The summed E-state index contributed by atoms with van der Waals surface area (Å²) in [7, 11) is 0. The van der Waals surface area contributed by atoms with Crippen LogP contribution in [0, 0.1) is 11.7 Å². The average molecular weight is 433 g/mol. The van der Waals surface area contributed by atoms with Gasteiger partial charge in [0.15, 0.2) is 0 Å². The number of carbonyl (C=O) groups excluding carboxylic acids is 2. The number of halogens is 2. The van der Waals surface area contributed by atoms with E-state index < -0.39 is 5.82 Å². The van der Waals surface area contributed by atoms with E-state index in [2.05, 4.69) is 5.32 Å². The topological polar surface area (TPSA) is 58.6 Å². The monoisotopic (exact) mass is 432 g/mol. The molecule has 30 heavy (non-hydrogen) atoms. The molecule has 1 N–H and O–H groups in total. The molecule has 3 rings (SSSR count). The molecule has 0 aliphatic carbocycles. The van der Waals surface area contributed by atoms with E-state index in [-0.39, 0.29) is 28.8 Å². The smallest absolute Gasteiger partial charge is 0.253 e. The summed E-state index contributed by atoms with van der Waals surface area (Å²) >= 11 is 5.81. The van der Waals surface area contributed by atoms with Gasteiger partial charge in [-0.2, -0.15) is 0 Å². The molecule has 2 amide bonds. The predicted molar refractivity (Wildman–Crippen MR) is 115 cm³/mol. The summed E-state index contributed by atoms with van der Waals surface area (Å²) in [5.41, 5.74) is 0.974. The average Bonchev–Trinajstić information content (AvgIpc) is 2.74. The van der Waals surface area contributed by atoms with E-state index in [1.54, 1.807) is 29.2 Å². The minimum absolute atomic E-state index is 0.0525. The van der Waals surface area contributed by atoms with Crippen LogP contribution >= 0.6 is 11.6 Å². The Morgan fingerprint density at radius 2 is 1.90 bits per heavy atom. The van der Waals surface area contributed by atoms with Gasteiger partial charge in [0.2, 0.25) is 0 Å². The van der Waals surface area contributed by atoms with E-state index in [1.807, 2.05) is 13.8 Å². The third kappa shape index (κ3) is 5.72. The van der Waals surface area contributed by atoms with Crippen molar-refractivity contribution in [1.82, 2.24) is 10.2 Å². The van der Waals surface area contributed by atoms with Crippen molar-refractivity contribution in [3.05, 3.63) is 64.4 Å². The van der Waals surface area contributed by atoms with Crippen LogP contribution < -0.4 is 10.1 Å². The van der Waals surface area contributed by atoms with Gasteiger partial charge >= 0.3 is 0 Å². The molecule has 160 valence electrons. The zero-order chi connectivity index (χ0) is 21.7. The fraction of sp³-hybridized carbons (Fsp3) is 0.391. The number of likely N-dealkylation sites (tertiary alicyclic amines) is 1. The molecule has 2 aromatic carbocycles. The zero-order valence-electron chi connectivity index (χ0n) is 17.2. The van der Waals surface area contributed by atoms with Crippen LogP contribution in [-0.4, -0.2) is 42.5 Å². The van der Waals surface area contributed by atoms with Gasteiger partial charge in [0.1, 0.15) is 11.6 Å². The van der Waals surface area contributed by atoms with Crippen molar-refractivity contribution in [1.29, 1.82) is 0 Å². The standard InChI is InChI=1S/C23H26ClFN2O3/c1-15(2)26-22(28)17-5-8-19(9-6-17)30-14-16-4-3-11-27(13-16)23(29)18-7-10-21(25)20(24)12-18/h5-10,12,15-16H,3-4,11,13-14H2,1-2H3,(H,26,28)/t16-/m1/s1. The van der Waals surface area contributed by atoms with Crippen LogP contribution in [0.4, 0.5) is 4.39 Å². The lowest BCUT2D eigenvalue weighted by molar-refractivity contribution is 0.0633. The quantitative estimate of drug-likeness (QED) is 0.728. The van der Waals surface area contributed by atoms with E-state index >= 15 is 0 Å². The molecule has 2 aromatic rings. The maximum Gasteiger partial charge on any atom is 0.253 e. The molecule has 0 unspecified atom stereocenters. The molecule has 0 saturated carbocycles. The first-order chi connectivity index (χ1) is 14.3. The van der Waals surface area contributed by atoms with Gasteiger partial charge in [-0.3, -0.25) is 9.59 Å². The normalized spacial score (nSPS) is 16.4. The Hall–Kier alpha value is -2.60. The van der Waals surface area contributed by atoms with E-state index in [0.29, 0.717) is 36.6 Å². The van der Waals surface area contributed by atoms with Crippen molar-refractivity contribution < 1.29 is 18.7 Å². The largest absolute Gasteiger partial charge is 0.493 e. The number of nitrogens with one attached hydrogen (secondary N) is 1.